The van der Waals surface area contributed by atoms with Crippen LogP contribution in [-0.2, 0) is 14.3 Å². The average molecular weight is 492 g/mol. The summed E-state index contributed by atoms with van der Waals surface area (Å²) in [5, 5.41) is 13.7. The molecule has 1 aromatic carbocycles. The quantitative estimate of drug-likeness (QED) is 0.381. The maximum Gasteiger partial charge on any atom is 0.336 e. The molecule has 168 valence electrons. The van der Waals surface area contributed by atoms with Crippen LogP contribution in [0.5, 0.6) is 11.5 Å². The second-order valence-electron chi connectivity index (χ2n) is 7.89. The van der Waals surface area contributed by atoms with E-state index in [-0.39, 0.29) is 11.5 Å². The maximum atomic E-state index is 13.2. The van der Waals surface area contributed by atoms with Crippen molar-refractivity contribution in [3.8, 4) is 11.5 Å². The van der Waals surface area contributed by atoms with Gasteiger partial charge in [0.05, 0.1) is 23.3 Å². The number of unbranched alkanes of at least 4 members (excludes halogenated alkanes) is 2. The third-order valence-electron chi connectivity index (χ3n) is 5.66. The number of benzene rings is 1. The first-order valence-electron chi connectivity index (χ1n) is 10.9. The lowest BCUT2D eigenvalue weighted by Gasteiger charge is -2.34. The Bertz CT molecular complexity index is 934. The zero-order valence-corrected chi connectivity index (χ0v) is 19.9. The monoisotopic (exact) mass is 491 g/mol. The number of ketones is 1. The van der Waals surface area contributed by atoms with E-state index in [0.29, 0.717) is 52.3 Å². The lowest BCUT2D eigenvalue weighted by atomic mass is 9.75. The number of carbonyl (C=O) groups is 2. The average Bonchev–Trinajstić information content (AvgIpc) is 2.73. The van der Waals surface area contributed by atoms with Gasteiger partial charge < -0.3 is 19.9 Å². The summed E-state index contributed by atoms with van der Waals surface area (Å²) in [6, 6.07) is 3.46. The molecule has 6 nitrogen and oxygen atoms in total. The third-order valence-corrected chi connectivity index (χ3v) is 6.27. The lowest BCUT2D eigenvalue weighted by molar-refractivity contribution is -0.139. The number of aromatic hydroxyl groups is 1. The number of nitrogens with one attached hydrogen (secondary N) is 1. The molecular formula is C24H30BrNO5. The fraction of sp³-hybridized carbons (Fsp3) is 0.500. The number of phenols is 1. The van der Waals surface area contributed by atoms with Crippen LogP contribution in [-0.4, -0.2) is 30.1 Å². The van der Waals surface area contributed by atoms with E-state index >= 15 is 0 Å². The van der Waals surface area contributed by atoms with Crippen LogP contribution in [0.2, 0.25) is 0 Å². The zero-order chi connectivity index (χ0) is 22.5. The van der Waals surface area contributed by atoms with Gasteiger partial charge in [0, 0.05) is 29.3 Å². The van der Waals surface area contributed by atoms with Gasteiger partial charge in [-0.2, -0.15) is 0 Å². The Balaban J connectivity index is 2.08. The fourth-order valence-electron chi connectivity index (χ4n) is 4.21. The number of ether oxygens (including phenoxy) is 2. The van der Waals surface area contributed by atoms with Gasteiger partial charge in [0.15, 0.2) is 17.3 Å². The number of esters is 1. The minimum absolute atomic E-state index is 0.00639. The zero-order valence-electron chi connectivity index (χ0n) is 18.3. The Morgan fingerprint density at radius 1 is 1.26 bits per heavy atom. The SMILES string of the molecule is CCCCCOC(=O)C1=C(C)NC2=C(C(=O)CCC2)[C@H]1c1cc(Br)c(O)c(OCC)c1. The summed E-state index contributed by atoms with van der Waals surface area (Å²) in [7, 11) is 0. The van der Waals surface area contributed by atoms with Gasteiger partial charge in [-0.1, -0.05) is 19.8 Å². The summed E-state index contributed by atoms with van der Waals surface area (Å²) >= 11 is 3.39. The molecule has 0 saturated carbocycles. The summed E-state index contributed by atoms with van der Waals surface area (Å²) in [5.74, 6) is -0.654. The van der Waals surface area contributed by atoms with E-state index in [0.717, 1.165) is 37.8 Å². The highest BCUT2D eigenvalue weighted by molar-refractivity contribution is 9.10. The van der Waals surface area contributed by atoms with Gasteiger partial charge in [0.25, 0.3) is 0 Å². The van der Waals surface area contributed by atoms with Crippen molar-refractivity contribution in [3.63, 3.8) is 0 Å². The van der Waals surface area contributed by atoms with Gasteiger partial charge in [0.2, 0.25) is 0 Å². The van der Waals surface area contributed by atoms with Crippen LogP contribution in [0, 0.1) is 0 Å². The number of halogens is 1. The summed E-state index contributed by atoms with van der Waals surface area (Å²) in [6.07, 6.45) is 4.82. The second-order valence-corrected chi connectivity index (χ2v) is 8.75. The molecule has 0 radical (unpaired) electrons. The third kappa shape index (κ3) is 4.97. The van der Waals surface area contributed by atoms with Crippen LogP contribution < -0.4 is 10.1 Å². The first-order valence-corrected chi connectivity index (χ1v) is 11.7. The molecule has 0 aromatic heterocycles. The number of allylic oxidation sites excluding steroid dienone is 3. The van der Waals surface area contributed by atoms with Gasteiger partial charge in [-0.15, -0.1) is 0 Å². The summed E-state index contributed by atoms with van der Waals surface area (Å²) in [4.78, 5) is 26.1. The van der Waals surface area contributed by atoms with Gasteiger partial charge in [0.1, 0.15) is 0 Å². The van der Waals surface area contributed by atoms with E-state index < -0.39 is 11.9 Å². The van der Waals surface area contributed by atoms with E-state index in [1.807, 2.05) is 13.8 Å². The van der Waals surface area contributed by atoms with Crippen LogP contribution in [0.4, 0.5) is 0 Å². The van der Waals surface area contributed by atoms with Crippen molar-refractivity contribution < 1.29 is 24.2 Å². The minimum atomic E-state index is -0.571. The molecule has 1 aromatic rings. The van der Waals surface area contributed by atoms with E-state index in [2.05, 4.69) is 28.2 Å². The molecule has 7 heteroatoms. The molecule has 31 heavy (non-hydrogen) atoms. The van der Waals surface area contributed by atoms with Crippen LogP contribution in [0.1, 0.15) is 70.8 Å². The molecule has 1 heterocycles. The lowest BCUT2D eigenvalue weighted by Crippen LogP contribution is -2.34. The normalized spacial score (nSPS) is 18.6. The summed E-state index contributed by atoms with van der Waals surface area (Å²) < 4.78 is 11.6. The molecule has 1 aliphatic carbocycles. The van der Waals surface area contributed by atoms with Gasteiger partial charge >= 0.3 is 5.97 Å². The highest BCUT2D eigenvalue weighted by Crippen LogP contribution is 2.46. The van der Waals surface area contributed by atoms with Crippen molar-refractivity contribution in [2.45, 2.75) is 65.2 Å². The molecular weight excluding hydrogens is 462 g/mol. The topological polar surface area (TPSA) is 84.9 Å². The molecule has 0 saturated heterocycles. The van der Waals surface area contributed by atoms with Crippen LogP contribution >= 0.6 is 15.9 Å². The Hall–Kier alpha value is -2.28. The van der Waals surface area contributed by atoms with Crippen molar-refractivity contribution >= 4 is 27.7 Å². The predicted molar refractivity (Wildman–Crippen MR) is 122 cm³/mol. The van der Waals surface area contributed by atoms with Gasteiger partial charge in [-0.25, -0.2) is 4.79 Å². The fourth-order valence-corrected chi connectivity index (χ4v) is 4.67. The highest BCUT2D eigenvalue weighted by Gasteiger charge is 2.39. The Morgan fingerprint density at radius 3 is 2.74 bits per heavy atom. The standard InChI is InChI=1S/C24H30BrNO5/c1-4-6-7-11-31-24(29)20-14(3)26-17-9-8-10-18(27)22(17)21(20)15-12-16(25)23(28)19(13-15)30-5-2/h12-13,21,26,28H,4-11H2,1-3H3/t21-/m0/s1. The van der Waals surface area contributed by atoms with Crippen molar-refractivity contribution in [1.82, 2.24) is 5.32 Å². The number of Topliss-reactive ketones (excluding diaryl/α,β-unsaturated/α-hetero) is 1. The van der Waals surface area contributed by atoms with Crippen LogP contribution in [0.15, 0.2) is 39.1 Å². The van der Waals surface area contributed by atoms with E-state index in [1.165, 1.54) is 0 Å². The van der Waals surface area contributed by atoms with E-state index in [9.17, 15) is 14.7 Å². The maximum absolute atomic E-state index is 13.2. The van der Waals surface area contributed by atoms with Crippen molar-refractivity contribution in [1.29, 1.82) is 0 Å². The Kier molecular flexibility index (Phi) is 7.81. The van der Waals surface area contributed by atoms with Crippen molar-refractivity contribution in [2.24, 2.45) is 0 Å². The van der Waals surface area contributed by atoms with Crippen molar-refractivity contribution in [2.75, 3.05) is 13.2 Å². The molecule has 2 aliphatic rings. The second kappa shape index (κ2) is 10.4. The first-order chi connectivity index (χ1) is 14.9. The van der Waals surface area contributed by atoms with E-state index in [1.54, 1.807) is 12.1 Å². The first kappa shape index (κ1) is 23.4. The molecule has 0 bridgehead atoms. The molecule has 1 aliphatic heterocycles. The molecule has 0 fully saturated rings. The Labute approximate surface area is 191 Å². The van der Waals surface area contributed by atoms with Gasteiger partial charge in [-0.05, 0) is 66.7 Å². The number of rotatable bonds is 8. The number of hydrogen-bond donors (Lipinski definition) is 2. The number of hydrogen-bond acceptors (Lipinski definition) is 6. The van der Waals surface area contributed by atoms with Crippen LogP contribution in [0.25, 0.3) is 0 Å². The highest BCUT2D eigenvalue weighted by atomic mass is 79.9. The molecule has 0 spiro atoms. The molecule has 0 amide bonds. The Morgan fingerprint density at radius 2 is 2.03 bits per heavy atom. The molecule has 1 atom stereocenters. The van der Waals surface area contributed by atoms with Crippen LogP contribution in [0.3, 0.4) is 0 Å². The summed E-state index contributed by atoms with van der Waals surface area (Å²) in [6.45, 7) is 6.50. The summed E-state index contributed by atoms with van der Waals surface area (Å²) in [5.41, 5.74) is 3.31. The molecule has 2 N–H and O–H groups in total. The van der Waals surface area contributed by atoms with Gasteiger partial charge in [-0.3, -0.25) is 4.79 Å². The molecule has 3 rings (SSSR count). The predicted octanol–water partition coefficient (Wildman–Crippen LogP) is 5.25. The largest absolute Gasteiger partial charge is 0.503 e. The van der Waals surface area contributed by atoms with Crippen molar-refractivity contribution in [3.05, 3.63) is 44.7 Å². The molecule has 0 unspecified atom stereocenters. The minimum Gasteiger partial charge on any atom is -0.503 e. The number of phenolic OH excluding ortho intramolecular Hbond substituents is 1. The number of dihydropyridines is 1. The number of carbonyl (C=O) groups excluding carboxylic acids is 2. The smallest absolute Gasteiger partial charge is 0.336 e. The van der Waals surface area contributed by atoms with E-state index in [4.69, 9.17) is 9.47 Å².